The van der Waals surface area contributed by atoms with Gasteiger partial charge in [-0.2, -0.15) is 5.10 Å². The number of hydrogen-bond donors (Lipinski definition) is 2. The van der Waals surface area contributed by atoms with Gasteiger partial charge < -0.3 is 10.6 Å². The van der Waals surface area contributed by atoms with Crippen molar-refractivity contribution in [2.24, 2.45) is 0 Å². The Kier molecular flexibility index (Phi) is 5.08. The van der Waals surface area contributed by atoms with Crippen LogP contribution in [0, 0.1) is 5.82 Å². The number of thiocarbonyl (C=S) groups is 1. The summed E-state index contributed by atoms with van der Waals surface area (Å²) in [5, 5.41) is 10.9. The van der Waals surface area contributed by atoms with Crippen molar-refractivity contribution >= 4 is 39.1 Å². The van der Waals surface area contributed by atoms with E-state index in [-0.39, 0.29) is 5.82 Å². The molecule has 0 atom stereocenters. The number of aromatic nitrogens is 2. The Hall–Kier alpha value is -1.47. The molecular weight excluding hydrogens is 343 g/mol. The second-order valence-electron chi connectivity index (χ2n) is 4.13. The highest BCUT2D eigenvalue weighted by Crippen LogP contribution is 2.20. The van der Waals surface area contributed by atoms with Gasteiger partial charge >= 0.3 is 0 Å². The summed E-state index contributed by atoms with van der Waals surface area (Å²) in [6.07, 6.45) is 1.85. The molecule has 1 heterocycles. The number of rotatable bonds is 4. The van der Waals surface area contributed by atoms with E-state index in [0.29, 0.717) is 17.5 Å². The van der Waals surface area contributed by atoms with Crippen molar-refractivity contribution in [3.8, 4) is 0 Å². The molecule has 0 aliphatic rings. The molecule has 2 N–H and O–H groups in total. The predicted octanol–water partition coefficient (Wildman–Crippen LogP) is 3.14. The number of benzene rings is 1. The molecule has 0 aliphatic carbocycles. The molecule has 0 fully saturated rings. The van der Waals surface area contributed by atoms with Gasteiger partial charge in [-0.15, -0.1) is 0 Å². The second-order valence-corrected chi connectivity index (χ2v) is 5.40. The molecule has 0 bridgehead atoms. The van der Waals surface area contributed by atoms with E-state index in [4.69, 9.17) is 12.2 Å². The van der Waals surface area contributed by atoms with E-state index in [0.717, 1.165) is 16.6 Å². The molecule has 1 aromatic heterocycles. The third kappa shape index (κ3) is 4.01. The van der Waals surface area contributed by atoms with Crippen molar-refractivity contribution < 1.29 is 4.39 Å². The molecule has 20 heavy (non-hydrogen) atoms. The van der Waals surface area contributed by atoms with Gasteiger partial charge in [0.2, 0.25) is 0 Å². The molecule has 7 heteroatoms. The lowest BCUT2D eigenvalue weighted by Crippen LogP contribution is -2.28. The van der Waals surface area contributed by atoms with Crippen molar-refractivity contribution in [2.45, 2.75) is 13.5 Å². The van der Waals surface area contributed by atoms with Crippen LogP contribution in [0.25, 0.3) is 0 Å². The maximum absolute atomic E-state index is 12.8. The van der Waals surface area contributed by atoms with Crippen molar-refractivity contribution in [1.29, 1.82) is 0 Å². The summed E-state index contributed by atoms with van der Waals surface area (Å²) in [5.41, 5.74) is 0.974. The van der Waals surface area contributed by atoms with Gasteiger partial charge in [0.05, 0.1) is 11.0 Å². The number of halogens is 2. The van der Waals surface area contributed by atoms with Crippen molar-refractivity contribution in [1.82, 2.24) is 15.1 Å². The normalized spacial score (nSPS) is 10.3. The largest absolute Gasteiger partial charge is 0.363 e. The smallest absolute Gasteiger partial charge is 0.172 e. The van der Waals surface area contributed by atoms with Crippen LogP contribution in [0.1, 0.15) is 12.5 Å². The summed E-state index contributed by atoms with van der Waals surface area (Å²) >= 11 is 8.54. The number of hydrogen-bond acceptors (Lipinski definition) is 2. The van der Waals surface area contributed by atoms with Gasteiger partial charge in [0.25, 0.3) is 0 Å². The van der Waals surface area contributed by atoms with Crippen LogP contribution in [-0.4, -0.2) is 21.4 Å². The number of nitrogens with one attached hydrogen (secondary N) is 2. The standard InChI is InChI=1S/C13H14BrFN4S/c1-2-16-13(20)17-12-11(14)8-19(18-12)7-9-3-5-10(15)6-4-9/h3-6,8H,2,7H2,1H3,(H2,16,17,18,20). The first-order chi connectivity index (χ1) is 9.58. The number of nitrogens with zero attached hydrogens (tertiary/aromatic N) is 2. The van der Waals surface area contributed by atoms with Crippen LogP contribution in [0.15, 0.2) is 34.9 Å². The maximum atomic E-state index is 12.8. The lowest BCUT2D eigenvalue weighted by molar-refractivity contribution is 0.624. The molecule has 0 unspecified atom stereocenters. The van der Waals surface area contributed by atoms with Crippen LogP contribution < -0.4 is 10.6 Å². The van der Waals surface area contributed by atoms with E-state index in [1.54, 1.807) is 16.8 Å². The third-order valence-electron chi connectivity index (χ3n) is 2.54. The first kappa shape index (κ1) is 14.9. The van der Waals surface area contributed by atoms with Crippen molar-refractivity contribution in [3.05, 3.63) is 46.3 Å². The average molecular weight is 357 g/mol. The van der Waals surface area contributed by atoms with Crippen molar-refractivity contribution in [3.63, 3.8) is 0 Å². The lowest BCUT2D eigenvalue weighted by atomic mass is 10.2. The minimum absolute atomic E-state index is 0.242. The highest BCUT2D eigenvalue weighted by molar-refractivity contribution is 9.10. The monoisotopic (exact) mass is 356 g/mol. The van der Waals surface area contributed by atoms with Crippen molar-refractivity contribution in [2.75, 3.05) is 11.9 Å². The topological polar surface area (TPSA) is 41.9 Å². The van der Waals surface area contributed by atoms with Gasteiger partial charge in [-0.05, 0) is 52.8 Å². The summed E-state index contributed by atoms with van der Waals surface area (Å²) < 4.78 is 15.4. The molecule has 2 aromatic rings. The molecule has 0 radical (unpaired) electrons. The zero-order valence-corrected chi connectivity index (χ0v) is 13.3. The molecular formula is C13H14BrFN4S. The quantitative estimate of drug-likeness (QED) is 0.825. The Labute approximate surface area is 130 Å². The molecule has 106 valence electrons. The van der Waals surface area contributed by atoms with E-state index >= 15 is 0 Å². The molecule has 0 saturated carbocycles. The first-order valence-electron chi connectivity index (χ1n) is 6.10. The summed E-state index contributed by atoms with van der Waals surface area (Å²) in [7, 11) is 0. The van der Waals surface area contributed by atoms with Crippen LogP contribution in [0.5, 0.6) is 0 Å². The van der Waals surface area contributed by atoms with Crippen LogP contribution in [0.4, 0.5) is 10.2 Å². The molecule has 0 spiro atoms. The van der Waals surface area contributed by atoms with Crippen LogP contribution in [0.2, 0.25) is 0 Å². The van der Waals surface area contributed by atoms with E-state index in [9.17, 15) is 4.39 Å². The Balaban J connectivity index is 2.06. The minimum Gasteiger partial charge on any atom is -0.363 e. The van der Waals surface area contributed by atoms with Crippen LogP contribution >= 0.6 is 28.1 Å². The van der Waals surface area contributed by atoms with E-state index in [2.05, 4.69) is 31.7 Å². The Morgan fingerprint density at radius 1 is 1.40 bits per heavy atom. The summed E-state index contributed by atoms with van der Waals surface area (Å²) in [4.78, 5) is 0. The predicted molar refractivity (Wildman–Crippen MR) is 85.3 cm³/mol. The van der Waals surface area contributed by atoms with Gasteiger partial charge in [0, 0.05) is 12.7 Å². The highest BCUT2D eigenvalue weighted by Gasteiger charge is 2.08. The minimum atomic E-state index is -0.242. The molecule has 0 saturated heterocycles. The first-order valence-corrected chi connectivity index (χ1v) is 7.31. The Morgan fingerprint density at radius 3 is 2.75 bits per heavy atom. The third-order valence-corrected chi connectivity index (χ3v) is 3.37. The fourth-order valence-electron chi connectivity index (χ4n) is 1.65. The van der Waals surface area contributed by atoms with Gasteiger partial charge in [-0.25, -0.2) is 4.39 Å². The van der Waals surface area contributed by atoms with Crippen LogP contribution in [-0.2, 0) is 6.54 Å². The van der Waals surface area contributed by atoms with E-state index < -0.39 is 0 Å². The molecule has 0 aliphatic heterocycles. The zero-order valence-electron chi connectivity index (χ0n) is 10.9. The van der Waals surface area contributed by atoms with Gasteiger partial charge in [-0.1, -0.05) is 12.1 Å². The van der Waals surface area contributed by atoms with Gasteiger partial charge in [0.1, 0.15) is 5.82 Å². The maximum Gasteiger partial charge on any atom is 0.172 e. The molecule has 4 nitrogen and oxygen atoms in total. The second kappa shape index (κ2) is 6.81. The van der Waals surface area contributed by atoms with E-state index in [1.165, 1.54) is 12.1 Å². The molecule has 2 rings (SSSR count). The summed E-state index contributed by atoms with van der Waals surface area (Å²) in [6, 6.07) is 6.35. The van der Waals surface area contributed by atoms with Gasteiger partial charge in [-0.3, -0.25) is 4.68 Å². The highest BCUT2D eigenvalue weighted by atomic mass is 79.9. The summed E-state index contributed by atoms with van der Waals surface area (Å²) in [6.45, 7) is 3.28. The fraction of sp³-hybridized carbons (Fsp3) is 0.231. The fourth-order valence-corrected chi connectivity index (χ4v) is 2.31. The zero-order chi connectivity index (χ0) is 14.5. The SMILES string of the molecule is CCNC(=S)Nc1nn(Cc2ccc(F)cc2)cc1Br. The molecule has 1 aromatic carbocycles. The average Bonchev–Trinajstić information content (AvgIpc) is 2.73. The molecule has 0 amide bonds. The summed E-state index contributed by atoms with van der Waals surface area (Å²) in [5.74, 6) is 0.409. The Morgan fingerprint density at radius 2 is 2.10 bits per heavy atom. The Bertz CT molecular complexity index is 597. The lowest BCUT2D eigenvalue weighted by Gasteiger charge is -2.06. The van der Waals surface area contributed by atoms with Gasteiger partial charge in [0.15, 0.2) is 10.9 Å². The van der Waals surface area contributed by atoms with Crippen LogP contribution in [0.3, 0.4) is 0 Å². The number of anilines is 1. The van der Waals surface area contributed by atoms with E-state index in [1.807, 2.05) is 13.1 Å².